The van der Waals surface area contributed by atoms with Gasteiger partial charge in [0.1, 0.15) is 5.84 Å². The molecule has 1 N–H and O–H groups in total. The molecule has 164 valence electrons. The van der Waals surface area contributed by atoms with Gasteiger partial charge in [-0.2, -0.15) is 0 Å². The molecule has 6 nitrogen and oxygen atoms in total. The highest BCUT2D eigenvalue weighted by Crippen LogP contribution is 2.38. The van der Waals surface area contributed by atoms with Crippen molar-refractivity contribution in [1.82, 2.24) is 4.90 Å². The minimum absolute atomic E-state index is 0.152. The van der Waals surface area contributed by atoms with Crippen molar-refractivity contribution < 1.29 is 9.59 Å². The third kappa shape index (κ3) is 3.96. The van der Waals surface area contributed by atoms with Gasteiger partial charge in [0.25, 0.3) is 5.91 Å². The van der Waals surface area contributed by atoms with Crippen LogP contribution in [0.15, 0.2) is 88.8 Å². The molecular formula is C26H22N4O2S. The molecular weight excluding hydrogens is 432 g/mol. The third-order valence-corrected chi connectivity index (χ3v) is 6.69. The molecule has 0 bridgehead atoms. The maximum absolute atomic E-state index is 13.5. The van der Waals surface area contributed by atoms with Crippen LogP contribution in [0.4, 0.5) is 11.4 Å². The summed E-state index contributed by atoms with van der Waals surface area (Å²) < 4.78 is 0. The maximum atomic E-state index is 13.5. The van der Waals surface area contributed by atoms with Crippen molar-refractivity contribution in [3.05, 3.63) is 95.6 Å². The van der Waals surface area contributed by atoms with E-state index in [1.807, 2.05) is 92.7 Å². The fourth-order valence-electron chi connectivity index (χ4n) is 3.84. The smallest absolute Gasteiger partial charge is 0.263 e. The van der Waals surface area contributed by atoms with Gasteiger partial charge in [0.15, 0.2) is 11.2 Å². The van der Waals surface area contributed by atoms with Crippen molar-refractivity contribution in [1.29, 1.82) is 0 Å². The minimum atomic E-state index is -0.630. The number of carbonyl (C=O) groups excluding carboxylic acids is 2. The molecule has 0 spiro atoms. The van der Waals surface area contributed by atoms with Gasteiger partial charge in [-0.25, -0.2) is 14.9 Å². The standard InChI is InChI=1S/C26H22N4O2S/c1-16-10-6-8-14-20(16)27-24(31)17(2)33-26-28-21-15-9-7-13-19(21)23-29-22(25(32)30(23)26)18-11-4-3-5-12-18/h3-15,17,22H,1-2H3,(H,27,31)/t17-,22+/m1/s1. The highest BCUT2D eigenvalue weighted by atomic mass is 32.2. The first kappa shape index (κ1) is 21.2. The largest absolute Gasteiger partial charge is 0.325 e. The molecule has 2 aliphatic rings. The van der Waals surface area contributed by atoms with Crippen LogP contribution in [0.2, 0.25) is 0 Å². The zero-order valence-corrected chi connectivity index (χ0v) is 19.0. The van der Waals surface area contributed by atoms with E-state index in [0.29, 0.717) is 11.0 Å². The summed E-state index contributed by atoms with van der Waals surface area (Å²) in [5, 5.41) is 2.96. The van der Waals surface area contributed by atoms with E-state index in [9.17, 15) is 9.59 Å². The summed E-state index contributed by atoms with van der Waals surface area (Å²) in [5.41, 5.74) is 4.14. The van der Waals surface area contributed by atoms with Crippen molar-refractivity contribution in [2.24, 2.45) is 9.98 Å². The number of rotatable bonds is 4. The van der Waals surface area contributed by atoms with Gasteiger partial charge >= 0.3 is 0 Å². The van der Waals surface area contributed by atoms with Gasteiger partial charge in [0.05, 0.1) is 10.9 Å². The molecule has 2 atom stereocenters. The Balaban J connectivity index is 1.45. The Morgan fingerprint density at radius 1 is 1.00 bits per heavy atom. The summed E-state index contributed by atoms with van der Waals surface area (Å²) in [7, 11) is 0. The van der Waals surface area contributed by atoms with Gasteiger partial charge in [-0.05, 0) is 43.2 Å². The topological polar surface area (TPSA) is 74.1 Å². The first-order valence-electron chi connectivity index (χ1n) is 10.7. The molecule has 0 unspecified atom stereocenters. The molecule has 0 aliphatic carbocycles. The van der Waals surface area contributed by atoms with E-state index in [1.165, 1.54) is 11.8 Å². The molecule has 3 aromatic carbocycles. The van der Waals surface area contributed by atoms with Crippen molar-refractivity contribution in [2.75, 3.05) is 5.32 Å². The predicted molar refractivity (Wildman–Crippen MR) is 133 cm³/mol. The lowest BCUT2D eigenvalue weighted by molar-refractivity contribution is -0.124. The highest BCUT2D eigenvalue weighted by molar-refractivity contribution is 8.15. The molecule has 0 aromatic heterocycles. The molecule has 2 heterocycles. The Hall–Kier alpha value is -3.71. The van der Waals surface area contributed by atoms with E-state index in [0.717, 1.165) is 28.1 Å². The number of nitrogens with zero attached hydrogens (tertiary/aromatic N) is 3. The van der Waals surface area contributed by atoms with Crippen molar-refractivity contribution in [2.45, 2.75) is 25.1 Å². The molecule has 0 saturated carbocycles. The molecule has 5 rings (SSSR count). The van der Waals surface area contributed by atoms with E-state index in [1.54, 1.807) is 4.90 Å². The number of thioether (sulfide) groups is 1. The number of aryl methyl sites for hydroxylation is 1. The van der Waals surface area contributed by atoms with E-state index in [4.69, 9.17) is 9.98 Å². The summed E-state index contributed by atoms with van der Waals surface area (Å²) in [6.07, 6.45) is 0. The second-order valence-corrected chi connectivity index (χ2v) is 9.22. The maximum Gasteiger partial charge on any atom is 0.263 e. The molecule has 3 aromatic rings. The molecule has 2 aliphatic heterocycles. The monoisotopic (exact) mass is 454 g/mol. The van der Waals surface area contributed by atoms with Crippen molar-refractivity contribution >= 4 is 46.0 Å². The lowest BCUT2D eigenvalue weighted by Crippen LogP contribution is -2.41. The number of para-hydroxylation sites is 2. The average Bonchev–Trinajstić information content (AvgIpc) is 3.19. The third-order valence-electron chi connectivity index (χ3n) is 5.64. The number of hydrogen-bond donors (Lipinski definition) is 1. The number of benzene rings is 3. The molecule has 0 radical (unpaired) electrons. The van der Waals surface area contributed by atoms with Crippen LogP contribution in [-0.4, -0.2) is 33.0 Å². The van der Waals surface area contributed by atoms with Gasteiger partial charge in [0.2, 0.25) is 5.91 Å². The SMILES string of the molecule is Cc1ccccc1NC(=O)[C@@H](C)SC1=Nc2ccccc2C2=N[C@@H](c3ccccc3)C(=O)N12. The highest BCUT2D eigenvalue weighted by Gasteiger charge is 2.42. The second-order valence-electron chi connectivity index (χ2n) is 7.92. The number of fused-ring (bicyclic) bond motifs is 3. The van der Waals surface area contributed by atoms with Crippen LogP contribution in [-0.2, 0) is 9.59 Å². The summed E-state index contributed by atoms with van der Waals surface area (Å²) in [6, 6.07) is 24.2. The van der Waals surface area contributed by atoms with Crippen LogP contribution in [0.25, 0.3) is 0 Å². The normalized spacial score (nSPS) is 17.6. The molecule has 0 saturated heterocycles. The van der Waals surface area contributed by atoms with Crippen LogP contribution in [0.5, 0.6) is 0 Å². The average molecular weight is 455 g/mol. The lowest BCUT2D eigenvalue weighted by Gasteiger charge is -2.27. The zero-order chi connectivity index (χ0) is 22.9. The Morgan fingerprint density at radius 3 is 2.48 bits per heavy atom. The van der Waals surface area contributed by atoms with Gasteiger partial charge in [0, 0.05) is 11.3 Å². The van der Waals surface area contributed by atoms with Crippen LogP contribution in [0.1, 0.15) is 29.7 Å². The van der Waals surface area contributed by atoms with E-state index in [-0.39, 0.29) is 11.8 Å². The summed E-state index contributed by atoms with van der Waals surface area (Å²) in [5.74, 6) is 0.262. The molecule has 0 fully saturated rings. The Bertz CT molecular complexity index is 1300. The zero-order valence-electron chi connectivity index (χ0n) is 18.2. The number of amides is 2. The fraction of sp³-hybridized carbons (Fsp3) is 0.154. The number of aliphatic imine (C=N–C) groups is 2. The molecule has 2 amide bonds. The van der Waals surface area contributed by atoms with Crippen LogP contribution in [0, 0.1) is 6.92 Å². The van der Waals surface area contributed by atoms with Gasteiger partial charge < -0.3 is 5.32 Å². The molecule has 33 heavy (non-hydrogen) atoms. The number of hydrogen-bond acceptors (Lipinski definition) is 5. The van der Waals surface area contributed by atoms with Crippen molar-refractivity contribution in [3.63, 3.8) is 0 Å². The number of anilines is 1. The predicted octanol–water partition coefficient (Wildman–Crippen LogP) is 5.09. The van der Waals surface area contributed by atoms with E-state index >= 15 is 0 Å². The number of nitrogens with one attached hydrogen (secondary N) is 1. The Morgan fingerprint density at radius 2 is 1.70 bits per heavy atom. The summed E-state index contributed by atoms with van der Waals surface area (Å²) >= 11 is 1.26. The first-order valence-corrected chi connectivity index (χ1v) is 11.6. The van der Waals surface area contributed by atoms with Crippen LogP contribution < -0.4 is 5.32 Å². The Labute approximate surface area is 196 Å². The van der Waals surface area contributed by atoms with Crippen LogP contribution in [0.3, 0.4) is 0 Å². The number of amidine groups is 2. The Kier molecular flexibility index (Phi) is 5.56. The van der Waals surface area contributed by atoms with Gasteiger partial charge in [-0.1, -0.05) is 72.4 Å². The lowest BCUT2D eigenvalue weighted by atomic mass is 10.1. The quantitative estimate of drug-likeness (QED) is 0.597. The summed E-state index contributed by atoms with van der Waals surface area (Å²) in [6.45, 7) is 3.76. The van der Waals surface area contributed by atoms with E-state index in [2.05, 4.69) is 5.32 Å². The van der Waals surface area contributed by atoms with Gasteiger partial charge in [-0.15, -0.1) is 0 Å². The van der Waals surface area contributed by atoms with Gasteiger partial charge in [-0.3, -0.25) is 9.59 Å². The second kappa shape index (κ2) is 8.67. The van der Waals surface area contributed by atoms with Crippen LogP contribution >= 0.6 is 11.8 Å². The summed E-state index contributed by atoms with van der Waals surface area (Å²) in [4.78, 5) is 37.5. The number of carbonyl (C=O) groups is 2. The van der Waals surface area contributed by atoms with E-state index < -0.39 is 11.3 Å². The first-order chi connectivity index (χ1) is 16.0. The van der Waals surface area contributed by atoms with Crippen molar-refractivity contribution in [3.8, 4) is 0 Å². The minimum Gasteiger partial charge on any atom is -0.325 e. The fourth-order valence-corrected chi connectivity index (χ4v) is 4.76. The molecule has 7 heteroatoms.